The molecular weight excluding hydrogens is 226 g/mol. The van der Waals surface area contributed by atoms with E-state index in [1.807, 2.05) is 18.2 Å². The normalized spacial score (nSPS) is 10.1. The number of rotatable bonds is 5. The zero-order valence-electron chi connectivity index (χ0n) is 10.3. The minimum absolute atomic E-state index is 0.494. The van der Waals surface area contributed by atoms with Crippen molar-refractivity contribution in [2.24, 2.45) is 0 Å². The Balaban J connectivity index is 1.98. The smallest absolute Gasteiger partial charge is 0.155 e. The second-order valence-corrected chi connectivity index (χ2v) is 4.00. The number of nitrogens with zero attached hydrogens (tertiary/aromatic N) is 2. The van der Waals surface area contributed by atoms with Crippen molar-refractivity contribution in [2.45, 2.75) is 13.3 Å². The largest absolute Gasteiger partial charge is 0.369 e. The molecule has 2 rings (SSSR count). The first-order valence-corrected chi connectivity index (χ1v) is 5.86. The molecule has 2 aromatic rings. The van der Waals surface area contributed by atoms with E-state index in [2.05, 4.69) is 27.4 Å². The Morgan fingerprint density at radius 3 is 2.78 bits per heavy atom. The number of anilines is 1. The summed E-state index contributed by atoms with van der Waals surface area (Å²) in [6.45, 7) is 2.54. The molecule has 1 N–H and O–H groups in total. The SMILES string of the molecule is Cc1ncc(C=O)c(NCCc2ccccc2)n1. The summed E-state index contributed by atoms with van der Waals surface area (Å²) in [5, 5.41) is 3.17. The highest BCUT2D eigenvalue weighted by Gasteiger charge is 2.03. The molecule has 1 aromatic carbocycles. The molecule has 18 heavy (non-hydrogen) atoms. The third kappa shape index (κ3) is 3.13. The van der Waals surface area contributed by atoms with Crippen molar-refractivity contribution in [1.29, 1.82) is 0 Å². The van der Waals surface area contributed by atoms with Gasteiger partial charge in [0.2, 0.25) is 0 Å². The van der Waals surface area contributed by atoms with E-state index in [0.717, 1.165) is 19.3 Å². The Morgan fingerprint density at radius 2 is 2.06 bits per heavy atom. The molecule has 0 atom stereocenters. The van der Waals surface area contributed by atoms with Crippen LogP contribution in [-0.2, 0) is 6.42 Å². The lowest BCUT2D eigenvalue weighted by Crippen LogP contribution is -2.09. The lowest BCUT2D eigenvalue weighted by atomic mass is 10.1. The number of carbonyl (C=O) groups excluding carboxylic acids is 1. The molecule has 0 radical (unpaired) electrons. The number of carbonyl (C=O) groups is 1. The third-order valence-corrected chi connectivity index (χ3v) is 2.61. The van der Waals surface area contributed by atoms with Gasteiger partial charge in [0, 0.05) is 12.7 Å². The zero-order chi connectivity index (χ0) is 12.8. The molecule has 0 aliphatic carbocycles. The van der Waals surface area contributed by atoms with Crippen LogP contribution in [0.15, 0.2) is 36.5 Å². The van der Waals surface area contributed by atoms with Crippen LogP contribution in [0.3, 0.4) is 0 Å². The minimum Gasteiger partial charge on any atom is -0.369 e. The number of nitrogens with one attached hydrogen (secondary N) is 1. The van der Waals surface area contributed by atoms with Gasteiger partial charge in [0.25, 0.3) is 0 Å². The fourth-order valence-corrected chi connectivity index (χ4v) is 1.68. The van der Waals surface area contributed by atoms with Crippen LogP contribution in [0.5, 0.6) is 0 Å². The van der Waals surface area contributed by atoms with Gasteiger partial charge in [0.05, 0.1) is 5.56 Å². The van der Waals surface area contributed by atoms with E-state index in [1.165, 1.54) is 5.56 Å². The molecule has 0 amide bonds. The summed E-state index contributed by atoms with van der Waals surface area (Å²) in [6.07, 6.45) is 3.20. The molecule has 0 fully saturated rings. The van der Waals surface area contributed by atoms with Crippen LogP contribution in [0.4, 0.5) is 5.82 Å². The fourth-order valence-electron chi connectivity index (χ4n) is 1.68. The van der Waals surface area contributed by atoms with Crippen LogP contribution in [0.25, 0.3) is 0 Å². The molecule has 0 spiro atoms. The van der Waals surface area contributed by atoms with Crippen molar-refractivity contribution in [2.75, 3.05) is 11.9 Å². The van der Waals surface area contributed by atoms with Crippen LogP contribution in [0, 0.1) is 6.92 Å². The van der Waals surface area contributed by atoms with Gasteiger partial charge >= 0.3 is 0 Å². The summed E-state index contributed by atoms with van der Waals surface area (Å²) in [5.41, 5.74) is 1.75. The van der Waals surface area contributed by atoms with E-state index in [9.17, 15) is 4.79 Å². The van der Waals surface area contributed by atoms with Crippen molar-refractivity contribution in [3.05, 3.63) is 53.5 Å². The van der Waals surface area contributed by atoms with E-state index >= 15 is 0 Å². The molecule has 0 aliphatic rings. The number of aromatic nitrogens is 2. The summed E-state index contributed by atoms with van der Waals surface area (Å²) in [6, 6.07) is 10.2. The van der Waals surface area contributed by atoms with Gasteiger partial charge in [-0.25, -0.2) is 9.97 Å². The Kier molecular flexibility index (Phi) is 4.02. The second-order valence-electron chi connectivity index (χ2n) is 4.00. The van der Waals surface area contributed by atoms with Crippen molar-refractivity contribution >= 4 is 12.1 Å². The van der Waals surface area contributed by atoms with E-state index in [4.69, 9.17) is 0 Å². The highest BCUT2D eigenvalue weighted by Crippen LogP contribution is 2.09. The molecule has 0 saturated carbocycles. The van der Waals surface area contributed by atoms with Crippen LogP contribution < -0.4 is 5.32 Å². The third-order valence-electron chi connectivity index (χ3n) is 2.61. The average Bonchev–Trinajstić information content (AvgIpc) is 2.40. The van der Waals surface area contributed by atoms with Crippen LogP contribution in [0.1, 0.15) is 21.7 Å². The highest BCUT2D eigenvalue weighted by atomic mass is 16.1. The maximum Gasteiger partial charge on any atom is 0.155 e. The van der Waals surface area contributed by atoms with E-state index < -0.39 is 0 Å². The molecular formula is C14H15N3O. The van der Waals surface area contributed by atoms with E-state index in [0.29, 0.717) is 17.2 Å². The number of aryl methyl sites for hydroxylation is 1. The van der Waals surface area contributed by atoms with Gasteiger partial charge in [0.15, 0.2) is 6.29 Å². The first-order valence-electron chi connectivity index (χ1n) is 5.86. The molecule has 0 aliphatic heterocycles. The Labute approximate surface area is 106 Å². The molecule has 0 bridgehead atoms. The number of benzene rings is 1. The minimum atomic E-state index is 0.494. The molecule has 0 saturated heterocycles. The van der Waals surface area contributed by atoms with Crippen molar-refractivity contribution in [3.63, 3.8) is 0 Å². The number of hydrogen-bond acceptors (Lipinski definition) is 4. The molecule has 4 nitrogen and oxygen atoms in total. The van der Waals surface area contributed by atoms with Crippen LogP contribution in [0.2, 0.25) is 0 Å². The Hall–Kier alpha value is -2.23. The van der Waals surface area contributed by atoms with Crippen molar-refractivity contribution < 1.29 is 4.79 Å². The van der Waals surface area contributed by atoms with Gasteiger partial charge < -0.3 is 5.32 Å². The summed E-state index contributed by atoms with van der Waals surface area (Å²) >= 11 is 0. The van der Waals surface area contributed by atoms with Gasteiger partial charge in [0.1, 0.15) is 11.6 Å². The van der Waals surface area contributed by atoms with Crippen LogP contribution in [-0.4, -0.2) is 22.8 Å². The fraction of sp³-hybridized carbons (Fsp3) is 0.214. The van der Waals surface area contributed by atoms with Gasteiger partial charge in [-0.15, -0.1) is 0 Å². The molecule has 4 heteroatoms. The quantitative estimate of drug-likeness (QED) is 0.816. The molecule has 0 unspecified atom stereocenters. The monoisotopic (exact) mass is 241 g/mol. The lowest BCUT2D eigenvalue weighted by molar-refractivity contribution is 0.112. The van der Waals surface area contributed by atoms with Crippen molar-refractivity contribution in [1.82, 2.24) is 9.97 Å². The van der Waals surface area contributed by atoms with Crippen LogP contribution >= 0.6 is 0 Å². The standard InChI is InChI=1S/C14H15N3O/c1-11-16-9-13(10-18)14(17-11)15-8-7-12-5-3-2-4-6-12/h2-6,9-10H,7-8H2,1H3,(H,15,16,17). The zero-order valence-corrected chi connectivity index (χ0v) is 10.3. The molecule has 1 heterocycles. The Bertz CT molecular complexity index is 526. The number of aldehydes is 1. The molecule has 92 valence electrons. The summed E-state index contributed by atoms with van der Waals surface area (Å²) in [4.78, 5) is 19.1. The summed E-state index contributed by atoms with van der Waals surface area (Å²) in [5.74, 6) is 1.26. The predicted molar refractivity (Wildman–Crippen MR) is 70.8 cm³/mol. The van der Waals surface area contributed by atoms with Crippen molar-refractivity contribution in [3.8, 4) is 0 Å². The Morgan fingerprint density at radius 1 is 1.28 bits per heavy atom. The number of hydrogen-bond donors (Lipinski definition) is 1. The van der Waals surface area contributed by atoms with Gasteiger partial charge in [-0.3, -0.25) is 4.79 Å². The summed E-state index contributed by atoms with van der Waals surface area (Å²) in [7, 11) is 0. The van der Waals surface area contributed by atoms with Gasteiger partial charge in [-0.1, -0.05) is 30.3 Å². The second kappa shape index (κ2) is 5.91. The summed E-state index contributed by atoms with van der Waals surface area (Å²) < 4.78 is 0. The maximum absolute atomic E-state index is 10.9. The van der Waals surface area contributed by atoms with E-state index in [-0.39, 0.29) is 0 Å². The maximum atomic E-state index is 10.9. The lowest BCUT2D eigenvalue weighted by Gasteiger charge is -2.08. The van der Waals surface area contributed by atoms with Gasteiger partial charge in [-0.2, -0.15) is 0 Å². The topological polar surface area (TPSA) is 54.9 Å². The predicted octanol–water partition coefficient (Wildman–Crippen LogP) is 2.25. The average molecular weight is 241 g/mol. The van der Waals surface area contributed by atoms with Gasteiger partial charge in [-0.05, 0) is 18.9 Å². The first-order chi connectivity index (χ1) is 8.79. The molecule has 1 aromatic heterocycles. The van der Waals surface area contributed by atoms with E-state index in [1.54, 1.807) is 13.1 Å². The highest BCUT2D eigenvalue weighted by molar-refractivity contribution is 5.81. The first kappa shape index (κ1) is 12.2.